The van der Waals surface area contributed by atoms with E-state index in [0.29, 0.717) is 37.2 Å². The Morgan fingerprint density at radius 2 is 1.61 bits per heavy atom. The van der Waals surface area contributed by atoms with Crippen LogP contribution in [0.4, 0.5) is 0 Å². The Bertz CT molecular complexity index is 1370. The molecular formula is C29H32ClN3O3. The van der Waals surface area contributed by atoms with E-state index in [-0.39, 0.29) is 23.9 Å². The Hall–Kier alpha value is -3.61. The highest BCUT2D eigenvalue weighted by atomic mass is 35.5. The minimum atomic E-state index is -0.0727. The number of amides is 1. The minimum absolute atomic E-state index is 0. The summed E-state index contributed by atoms with van der Waals surface area (Å²) >= 11 is 0. The highest BCUT2D eigenvalue weighted by Crippen LogP contribution is 2.33. The van der Waals surface area contributed by atoms with E-state index in [0.717, 1.165) is 27.8 Å². The first-order valence-electron chi connectivity index (χ1n) is 11.7. The average Bonchev–Trinajstić information content (AvgIpc) is 2.86. The van der Waals surface area contributed by atoms with Gasteiger partial charge in [-0.05, 0) is 43.4 Å². The van der Waals surface area contributed by atoms with Crippen molar-refractivity contribution in [3.8, 4) is 16.9 Å². The Labute approximate surface area is 217 Å². The Morgan fingerprint density at radius 3 is 2.25 bits per heavy atom. The summed E-state index contributed by atoms with van der Waals surface area (Å²) in [5, 5.41) is 4.47. The SMILES string of the molecule is COc1ccc2c(=O)n(CCNC(=O)Cc3ccccc3)c(CN(C)C)c(-c3ccccc3)c2c1.Cl. The van der Waals surface area contributed by atoms with Gasteiger partial charge in [0.1, 0.15) is 5.75 Å². The molecule has 0 saturated carbocycles. The average molecular weight is 506 g/mol. The highest BCUT2D eigenvalue weighted by Gasteiger charge is 2.19. The molecule has 1 N–H and O–H groups in total. The molecule has 1 aromatic heterocycles. The third kappa shape index (κ3) is 6.14. The van der Waals surface area contributed by atoms with Gasteiger partial charge in [-0.25, -0.2) is 0 Å². The number of rotatable bonds is 9. The second-order valence-corrected chi connectivity index (χ2v) is 8.81. The third-order valence-corrected chi connectivity index (χ3v) is 5.98. The van der Waals surface area contributed by atoms with Crippen LogP contribution in [0, 0.1) is 0 Å². The van der Waals surface area contributed by atoms with Crippen LogP contribution in [-0.2, 0) is 24.3 Å². The van der Waals surface area contributed by atoms with Gasteiger partial charge in [0.05, 0.1) is 13.5 Å². The maximum atomic E-state index is 13.7. The zero-order chi connectivity index (χ0) is 24.8. The molecule has 4 aromatic rings. The molecule has 188 valence electrons. The molecule has 0 saturated heterocycles. The molecular weight excluding hydrogens is 474 g/mol. The molecule has 0 bridgehead atoms. The third-order valence-electron chi connectivity index (χ3n) is 5.98. The zero-order valence-electron chi connectivity index (χ0n) is 20.9. The van der Waals surface area contributed by atoms with Crippen LogP contribution < -0.4 is 15.6 Å². The normalized spacial score (nSPS) is 10.8. The predicted octanol–water partition coefficient (Wildman–Crippen LogP) is 4.52. The summed E-state index contributed by atoms with van der Waals surface area (Å²) in [6, 6.07) is 25.3. The summed E-state index contributed by atoms with van der Waals surface area (Å²) in [6.45, 7) is 1.32. The van der Waals surface area contributed by atoms with Crippen LogP contribution in [0.1, 0.15) is 11.3 Å². The van der Waals surface area contributed by atoms with Gasteiger partial charge in [-0.3, -0.25) is 9.59 Å². The summed E-state index contributed by atoms with van der Waals surface area (Å²) < 4.78 is 7.28. The van der Waals surface area contributed by atoms with Crippen LogP contribution in [0.5, 0.6) is 5.75 Å². The summed E-state index contributed by atoms with van der Waals surface area (Å²) in [4.78, 5) is 28.2. The fourth-order valence-electron chi connectivity index (χ4n) is 4.38. The summed E-state index contributed by atoms with van der Waals surface area (Å²) in [6.07, 6.45) is 0.313. The number of benzene rings is 3. The van der Waals surface area contributed by atoms with Crippen molar-refractivity contribution in [3.05, 3.63) is 100 Å². The van der Waals surface area contributed by atoms with Crippen molar-refractivity contribution in [3.63, 3.8) is 0 Å². The molecule has 4 rings (SSSR count). The number of methoxy groups -OCH3 is 1. The number of hydrogen-bond donors (Lipinski definition) is 1. The molecule has 6 nitrogen and oxygen atoms in total. The van der Waals surface area contributed by atoms with Crippen molar-refractivity contribution in [2.24, 2.45) is 0 Å². The van der Waals surface area contributed by atoms with E-state index in [1.54, 1.807) is 11.7 Å². The van der Waals surface area contributed by atoms with E-state index in [4.69, 9.17) is 4.74 Å². The molecule has 0 aliphatic carbocycles. The number of ether oxygens (including phenoxy) is 1. The quantitative estimate of drug-likeness (QED) is 0.363. The molecule has 36 heavy (non-hydrogen) atoms. The number of halogens is 1. The topological polar surface area (TPSA) is 63.6 Å². The summed E-state index contributed by atoms with van der Waals surface area (Å²) in [7, 11) is 5.60. The van der Waals surface area contributed by atoms with Crippen molar-refractivity contribution in [1.82, 2.24) is 14.8 Å². The lowest BCUT2D eigenvalue weighted by atomic mass is 9.96. The van der Waals surface area contributed by atoms with Gasteiger partial charge < -0.3 is 19.5 Å². The predicted molar refractivity (Wildman–Crippen MR) is 148 cm³/mol. The van der Waals surface area contributed by atoms with Crippen molar-refractivity contribution in [2.75, 3.05) is 27.7 Å². The van der Waals surface area contributed by atoms with E-state index in [2.05, 4.69) is 22.3 Å². The standard InChI is InChI=1S/C29H31N3O3.ClH/c1-31(2)20-26-28(22-12-8-5-9-13-22)25-19-23(35-3)14-15-24(25)29(34)32(26)17-16-30-27(33)18-21-10-6-4-7-11-21;/h4-15,19H,16-18,20H2,1-3H3,(H,30,33);1H. The van der Waals surface area contributed by atoms with Gasteiger partial charge >= 0.3 is 0 Å². The van der Waals surface area contributed by atoms with Gasteiger partial charge in [-0.1, -0.05) is 60.7 Å². The molecule has 0 aliphatic rings. The number of carbonyl (C=O) groups is 1. The first kappa shape index (κ1) is 27.0. The lowest BCUT2D eigenvalue weighted by Crippen LogP contribution is -2.34. The smallest absolute Gasteiger partial charge is 0.258 e. The molecule has 1 heterocycles. The second kappa shape index (κ2) is 12.4. The monoisotopic (exact) mass is 505 g/mol. The first-order valence-corrected chi connectivity index (χ1v) is 11.7. The van der Waals surface area contributed by atoms with Crippen molar-refractivity contribution in [1.29, 1.82) is 0 Å². The summed E-state index contributed by atoms with van der Waals surface area (Å²) in [5.74, 6) is 0.642. The van der Waals surface area contributed by atoms with E-state index in [9.17, 15) is 9.59 Å². The van der Waals surface area contributed by atoms with Crippen LogP contribution in [0.3, 0.4) is 0 Å². The second-order valence-electron chi connectivity index (χ2n) is 8.81. The highest BCUT2D eigenvalue weighted by molar-refractivity contribution is 5.98. The number of nitrogens with zero attached hydrogens (tertiary/aromatic N) is 2. The number of nitrogens with one attached hydrogen (secondary N) is 1. The molecule has 0 spiro atoms. The van der Waals surface area contributed by atoms with E-state index < -0.39 is 0 Å². The maximum Gasteiger partial charge on any atom is 0.258 e. The number of pyridine rings is 1. The van der Waals surface area contributed by atoms with Crippen LogP contribution in [0.25, 0.3) is 21.9 Å². The molecule has 0 fully saturated rings. The van der Waals surface area contributed by atoms with Gasteiger partial charge in [0, 0.05) is 41.7 Å². The summed E-state index contributed by atoms with van der Waals surface area (Å²) in [5.41, 5.74) is 3.83. The zero-order valence-corrected chi connectivity index (χ0v) is 21.7. The molecule has 3 aromatic carbocycles. The molecule has 0 aliphatic heterocycles. The van der Waals surface area contributed by atoms with Gasteiger partial charge in [-0.2, -0.15) is 0 Å². The van der Waals surface area contributed by atoms with Crippen LogP contribution in [0.15, 0.2) is 83.7 Å². The Kier molecular flexibility index (Phi) is 9.28. The van der Waals surface area contributed by atoms with Crippen molar-refractivity contribution < 1.29 is 9.53 Å². The van der Waals surface area contributed by atoms with E-state index in [1.807, 2.05) is 80.8 Å². The molecule has 0 atom stereocenters. The number of carbonyl (C=O) groups excluding carboxylic acids is 1. The Morgan fingerprint density at radius 1 is 0.944 bits per heavy atom. The number of fused-ring (bicyclic) bond motifs is 1. The number of hydrogen-bond acceptors (Lipinski definition) is 4. The minimum Gasteiger partial charge on any atom is -0.497 e. The number of aromatic nitrogens is 1. The lowest BCUT2D eigenvalue weighted by Gasteiger charge is -2.23. The first-order chi connectivity index (χ1) is 17.0. The van der Waals surface area contributed by atoms with Crippen LogP contribution in [-0.4, -0.2) is 43.1 Å². The maximum absolute atomic E-state index is 13.7. The van der Waals surface area contributed by atoms with Gasteiger partial charge in [0.25, 0.3) is 5.56 Å². The van der Waals surface area contributed by atoms with Gasteiger partial charge in [0.2, 0.25) is 5.91 Å². The van der Waals surface area contributed by atoms with Crippen LogP contribution >= 0.6 is 12.4 Å². The van der Waals surface area contributed by atoms with E-state index in [1.165, 1.54) is 0 Å². The fourth-order valence-corrected chi connectivity index (χ4v) is 4.38. The van der Waals surface area contributed by atoms with Crippen LogP contribution in [0.2, 0.25) is 0 Å². The molecule has 0 radical (unpaired) electrons. The molecule has 1 amide bonds. The lowest BCUT2D eigenvalue weighted by molar-refractivity contribution is -0.120. The molecule has 0 unspecified atom stereocenters. The van der Waals surface area contributed by atoms with E-state index >= 15 is 0 Å². The largest absolute Gasteiger partial charge is 0.497 e. The molecule has 7 heteroatoms. The Balaban J connectivity index is 0.00000361. The van der Waals surface area contributed by atoms with Crippen molar-refractivity contribution >= 4 is 29.1 Å². The van der Waals surface area contributed by atoms with Crippen molar-refractivity contribution in [2.45, 2.75) is 19.5 Å². The van der Waals surface area contributed by atoms with Gasteiger partial charge in [0.15, 0.2) is 0 Å². The fraction of sp³-hybridized carbons (Fsp3) is 0.241. The van der Waals surface area contributed by atoms with Gasteiger partial charge in [-0.15, -0.1) is 12.4 Å².